The number of sulfone groups is 1. The van der Waals surface area contributed by atoms with E-state index in [9.17, 15) is 18.0 Å². The van der Waals surface area contributed by atoms with Crippen molar-refractivity contribution < 1.29 is 18.0 Å². The van der Waals surface area contributed by atoms with Gasteiger partial charge < -0.3 is 10.2 Å². The van der Waals surface area contributed by atoms with Crippen LogP contribution in [0.25, 0.3) is 0 Å². The molecule has 0 bridgehead atoms. The highest BCUT2D eigenvalue weighted by Gasteiger charge is 2.33. The van der Waals surface area contributed by atoms with Gasteiger partial charge in [0.2, 0.25) is 5.91 Å². The molecule has 0 aromatic heterocycles. The molecule has 24 heavy (non-hydrogen) atoms. The Morgan fingerprint density at radius 1 is 1.25 bits per heavy atom. The average molecular weight is 351 g/mol. The zero-order valence-corrected chi connectivity index (χ0v) is 14.4. The number of hydrogen-bond donors (Lipinski definition) is 1. The molecule has 1 aromatic carbocycles. The minimum atomic E-state index is -3.03. The van der Waals surface area contributed by atoms with Crippen molar-refractivity contribution in [2.24, 2.45) is 0 Å². The zero-order valence-electron chi connectivity index (χ0n) is 13.6. The van der Waals surface area contributed by atoms with Crippen LogP contribution in [0.5, 0.6) is 0 Å². The highest BCUT2D eigenvalue weighted by molar-refractivity contribution is 7.91. The minimum Gasteiger partial charge on any atom is -0.351 e. The fourth-order valence-electron chi connectivity index (χ4n) is 3.05. The second-order valence-corrected chi connectivity index (χ2v) is 8.59. The van der Waals surface area contributed by atoms with Gasteiger partial charge in [0.25, 0.3) is 0 Å². The Bertz CT molecular complexity index is 745. The number of carbonyl (C=O) groups excluding carboxylic acids is 2. The van der Waals surface area contributed by atoms with Crippen LogP contribution in [0, 0.1) is 6.92 Å². The zero-order chi connectivity index (χ0) is 17.3. The van der Waals surface area contributed by atoms with Gasteiger partial charge in [-0.1, -0.05) is 17.7 Å². The summed E-state index contributed by atoms with van der Waals surface area (Å²) in [7, 11) is -3.03. The van der Waals surface area contributed by atoms with Crippen LogP contribution in [0.15, 0.2) is 24.3 Å². The topological polar surface area (TPSA) is 86.8 Å². The van der Waals surface area contributed by atoms with Gasteiger partial charge >= 0.3 is 6.03 Å². The molecule has 2 saturated heterocycles. The van der Waals surface area contributed by atoms with Gasteiger partial charge in [-0.3, -0.25) is 9.69 Å². The summed E-state index contributed by atoms with van der Waals surface area (Å²) >= 11 is 0. The highest BCUT2D eigenvalue weighted by atomic mass is 32.2. The predicted octanol–water partition coefficient (Wildman–Crippen LogP) is 0.540. The largest absolute Gasteiger partial charge is 0.351 e. The predicted molar refractivity (Wildman–Crippen MR) is 90.7 cm³/mol. The number of nitrogens with zero attached hydrogens (tertiary/aromatic N) is 2. The lowest BCUT2D eigenvalue weighted by Gasteiger charge is -2.19. The first-order valence-electron chi connectivity index (χ1n) is 7.97. The Labute approximate surface area is 141 Å². The summed E-state index contributed by atoms with van der Waals surface area (Å²) in [5.41, 5.74) is 1.93. The fourth-order valence-corrected chi connectivity index (χ4v) is 4.72. The van der Waals surface area contributed by atoms with E-state index in [4.69, 9.17) is 0 Å². The van der Waals surface area contributed by atoms with Gasteiger partial charge in [-0.2, -0.15) is 0 Å². The lowest BCUT2D eigenvalue weighted by molar-refractivity contribution is -0.122. The van der Waals surface area contributed by atoms with E-state index in [-0.39, 0.29) is 36.0 Å². The van der Waals surface area contributed by atoms with E-state index in [1.807, 2.05) is 31.2 Å². The summed E-state index contributed by atoms with van der Waals surface area (Å²) < 4.78 is 22.8. The second-order valence-electron chi connectivity index (χ2n) is 6.36. The molecule has 130 valence electrons. The summed E-state index contributed by atoms with van der Waals surface area (Å²) in [4.78, 5) is 27.7. The Balaban J connectivity index is 1.56. The van der Waals surface area contributed by atoms with Gasteiger partial charge in [-0.25, -0.2) is 13.2 Å². The third-order valence-electron chi connectivity index (χ3n) is 4.37. The lowest BCUT2D eigenvalue weighted by atomic mass is 10.2. The molecular weight excluding hydrogens is 330 g/mol. The molecule has 2 fully saturated rings. The lowest BCUT2D eigenvalue weighted by Crippen LogP contribution is -2.44. The van der Waals surface area contributed by atoms with Crippen molar-refractivity contribution in [3.05, 3.63) is 29.8 Å². The van der Waals surface area contributed by atoms with E-state index in [1.165, 1.54) is 4.90 Å². The maximum Gasteiger partial charge on any atom is 0.325 e. The number of carbonyl (C=O) groups is 2. The Hall–Kier alpha value is -2.09. The molecule has 0 aliphatic carbocycles. The van der Waals surface area contributed by atoms with Crippen molar-refractivity contribution in [1.29, 1.82) is 0 Å². The first-order valence-corrected chi connectivity index (χ1v) is 9.79. The van der Waals surface area contributed by atoms with Gasteiger partial charge in [0, 0.05) is 24.8 Å². The molecule has 3 rings (SSSR count). The van der Waals surface area contributed by atoms with Gasteiger partial charge in [-0.05, 0) is 25.5 Å². The number of nitrogens with one attached hydrogen (secondary N) is 1. The van der Waals surface area contributed by atoms with Gasteiger partial charge in [0.15, 0.2) is 9.84 Å². The number of aryl methyl sites for hydroxylation is 1. The molecule has 3 amide bonds. The number of hydrogen-bond acceptors (Lipinski definition) is 4. The Morgan fingerprint density at radius 2 is 1.96 bits per heavy atom. The van der Waals surface area contributed by atoms with E-state index >= 15 is 0 Å². The van der Waals surface area contributed by atoms with Gasteiger partial charge in [0.1, 0.15) is 6.54 Å². The monoisotopic (exact) mass is 351 g/mol. The van der Waals surface area contributed by atoms with Crippen LogP contribution >= 0.6 is 0 Å². The van der Waals surface area contributed by atoms with Crippen molar-refractivity contribution in [3.8, 4) is 0 Å². The molecule has 0 spiro atoms. The molecule has 2 aliphatic rings. The van der Waals surface area contributed by atoms with Crippen LogP contribution in [-0.2, 0) is 14.6 Å². The third-order valence-corrected chi connectivity index (χ3v) is 6.14. The van der Waals surface area contributed by atoms with Crippen molar-refractivity contribution in [2.45, 2.75) is 19.4 Å². The summed E-state index contributed by atoms with van der Waals surface area (Å²) in [5, 5.41) is 2.71. The van der Waals surface area contributed by atoms with Crippen LogP contribution in [0.1, 0.15) is 12.0 Å². The van der Waals surface area contributed by atoms with E-state index in [0.717, 1.165) is 11.3 Å². The number of rotatable bonds is 4. The minimum absolute atomic E-state index is 0.0117. The van der Waals surface area contributed by atoms with Crippen LogP contribution < -0.4 is 10.2 Å². The third kappa shape index (κ3) is 3.69. The number of amides is 3. The molecule has 7 nitrogen and oxygen atoms in total. The SMILES string of the molecule is Cc1ccc(N2CCN(CC(=O)NC3CCS(=O)(=O)C3)C2=O)cc1. The molecule has 1 atom stereocenters. The molecule has 1 aromatic rings. The van der Waals surface area contributed by atoms with Crippen LogP contribution in [-0.4, -0.2) is 62.4 Å². The molecule has 8 heteroatoms. The molecule has 2 heterocycles. The van der Waals surface area contributed by atoms with Crippen molar-refractivity contribution in [2.75, 3.05) is 36.0 Å². The fraction of sp³-hybridized carbons (Fsp3) is 0.500. The van der Waals surface area contributed by atoms with Crippen molar-refractivity contribution in [1.82, 2.24) is 10.2 Å². The van der Waals surface area contributed by atoms with Crippen LogP contribution in [0.4, 0.5) is 10.5 Å². The van der Waals surface area contributed by atoms with E-state index < -0.39 is 9.84 Å². The van der Waals surface area contributed by atoms with Gasteiger partial charge in [0.05, 0.1) is 11.5 Å². The number of anilines is 1. The smallest absolute Gasteiger partial charge is 0.325 e. The standard InChI is InChI=1S/C16H21N3O4S/c1-12-2-4-14(5-3-12)19-8-7-18(16(19)21)10-15(20)17-13-6-9-24(22,23)11-13/h2-5,13H,6-11H2,1H3,(H,17,20). The first kappa shape index (κ1) is 16.8. The summed E-state index contributed by atoms with van der Waals surface area (Å²) in [6, 6.07) is 7.12. The average Bonchev–Trinajstić information content (AvgIpc) is 3.03. The van der Waals surface area contributed by atoms with E-state index in [0.29, 0.717) is 19.5 Å². The number of benzene rings is 1. The first-order chi connectivity index (χ1) is 11.3. The highest BCUT2D eigenvalue weighted by Crippen LogP contribution is 2.20. The molecular formula is C16H21N3O4S. The van der Waals surface area contributed by atoms with Crippen molar-refractivity contribution in [3.63, 3.8) is 0 Å². The molecule has 0 saturated carbocycles. The van der Waals surface area contributed by atoms with Crippen LogP contribution in [0.3, 0.4) is 0 Å². The Morgan fingerprint density at radius 3 is 2.58 bits per heavy atom. The molecule has 0 radical (unpaired) electrons. The molecule has 2 aliphatic heterocycles. The Kier molecular flexibility index (Phi) is 4.49. The second kappa shape index (κ2) is 6.43. The summed E-state index contributed by atoms with van der Waals surface area (Å²) in [6.45, 7) is 2.95. The number of urea groups is 1. The van der Waals surface area contributed by atoms with Crippen LogP contribution in [0.2, 0.25) is 0 Å². The van der Waals surface area contributed by atoms with Crippen molar-refractivity contribution >= 4 is 27.5 Å². The maximum absolute atomic E-state index is 12.4. The normalized spacial score (nSPS) is 22.9. The molecule has 1 N–H and O–H groups in total. The van der Waals surface area contributed by atoms with Gasteiger partial charge in [-0.15, -0.1) is 0 Å². The quantitative estimate of drug-likeness (QED) is 0.858. The summed E-state index contributed by atoms with van der Waals surface area (Å²) in [5.74, 6) is -0.208. The summed E-state index contributed by atoms with van der Waals surface area (Å²) in [6.07, 6.45) is 0.442. The van der Waals surface area contributed by atoms with E-state index in [1.54, 1.807) is 4.90 Å². The molecule has 1 unspecified atom stereocenters. The van der Waals surface area contributed by atoms with E-state index in [2.05, 4.69) is 5.32 Å². The maximum atomic E-state index is 12.4.